The molecule has 0 radical (unpaired) electrons. The summed E-state index contributed by atoms with van der Waals surface area (Å²) in [5.74, 6) is 0. The minimum absolute atomic E-state index is 0.366. The maximum Gasteiger partial charge on any atom is 0.411 e. The molecule has 0 atom stereocenters. The molecule has 1 rings (SSSR count). The molecular weight excluding hydrogens is 254 g/mol. The fourth-order valence-electron chi connectivity index (χ4n) is 2.13. The van der Waals surface area contributed by atoms with Crippen molar-refractivity contribution in [2.24, 2.45) is 0 Å². The standard InChI is InChI=1S/C15H25N3O2/c1-11(2)18(12(3)4)8-9-20-15(19)17-14-7-5-6-13(16)10-14/h5-7,10-12H,8-9,16H2,1-4H3,(H,17,19). The molecule has 112 valence electrons. The number of hydrogen-bond acceptors (Lipinski definition) is 4. The molecule has 0 aromatic heterocycles. The third-order valence-electron chi connectivity index (χ3n) is 3.04. The van der Waals surface area contributed by atoms with Crippen molar-refractivity contribution in [1.29, 1.82) is 0 Å². The van der Waals surface area contributed by atoms with Crippen molar-refractivity contribution >= 4 is 17.5 Å². The first-order chi connectivity index (χ1) is 9.40. The van der Waals surface area contributed by atoms with Crippen LogP contribution >= 0.6 is 0 Å². The maximum atomic E-state index is 11.7. The van der Waals surface area contributed by atoms with Gasteiger partial charge in [-0.25, -0.2) is 4.79 Å². The number of nitrogens with zero attached hydrogens (tertiary/aromatic N) is 1. The normalized spacial score (nSPS) is 11.2. The van der Waals surface area contributed by atoms with Gasteiger partial charge < -0.3 is 10.5 Å². The van der Waals surface area contributed by atoms with E-state index >= 15 is 0 Å². The summed E-state index contributed by atoms with van der Waals surface area (Å²) in [6.45, 7) is 9.61. The van der Waals surface area contributed by atoms with Gasteiger partial charge in [-0.05, 0) is 45.9 Å². The Morgan fingerprint density at radius 3 is 2.50 bits per heavy atom. The van der Waals surface area contributed by atoms with E-state index in [-0.39, 0.29) is 0 Å². The van der Waals surface area contributed by atoms with Gasteiger partial charge in [0.2, 0.25) is 0 Å². The van der Waals surface area contributed by atoms with E-state index in [9.17, 15) is 4.79 Å². The second kappa shape index (κ2) is 7.75. The molecule has 20 heavy (non-hydrogen) atoms. The van der Waals surface area contributed by atoms with E-state index in [1.165, 1.54) is 0 Å². The number of benzene rings is 1. The number of anilines is 2. The van der Waals surface area contributed by atoms with Gasteiger partial charge in [0.25, 0.3) is 0 Å². The molecule has 3 N–H and O–H groups in total. The summed E-state index contributed by atoms with van der Waals surface area (Å²) in [5.41, 5.74) is 6.89. The van der Waals surface area contributed by atoms with E-state index in [1.54, 1.807) is 24.3 Å². The fourth-order valence-corrected chi connectivity index (χ4v) is 2.13. The lowest BCUT2D eigenvalue weighted by Crippen LogP contribution is -2.39. The van der Waals surface area contributed by atoms with Crippen LogP contribution in [-0.2, 0) is 4.74 Å². The molecule has 0 aliphatic rings. The quantitative estimate of drug-likeness (QED) is 0.786. The van der Waals surface area contributed by atoms with Gasteiger partial charge in [0, 0.05) is 30.0 Å². The molecule has 0 saturated carbocycles. The van der Waals surface area contributed by atoms with Gasteiger partial charge in [0.1, 0.15) is 6.61 Å². The Morgan fingerprint density at radius 2 is 1.95 bits per heavy atom. The number of carbonyl (C=O) groups is 1. The van der Waals surface area contributed by atoms with Crippen LogP contribution in [0.5, 0.6) is 0 Å². The first-order valence-electron chi connectivity index (χ1n) is 6.95. The molecule has 0 heterocycles. The molecule has 1 aromatic rings. The van der Waals surface area contributed by atoms with Gasteiger partial charge in [0.05, 0.1) is 0 Å². The minimum atomic E-state index is -0.455. The largest absolute Gasteiger partial charge is 0.448 e. The zero-order valence-electron chi connectivity index (χ0n) is 12.7. The molecule has 0 spiro atoms. The van der Waals surface area contributed by atoms with E-state index in [4.69, 9.17) is 10.5 Å². The number of nitrogens with two attached hydrogens (primary N) is 1. The van der Waals surface area contributed by atoms with Crippen LogP contribution < -0.4 is 11.1 Å². The number of ether oxygens (including phenoxy) is 1. The van der Waals surface area contributed by atoms with Gasteiger partial charge in [-0.15, -0.1) is 0 Å². The third-order valence-corrected chi connectivity index (χ3v) is 3.04. The van der Waals surface area contributed by atoms with Crippen LogP contribution in [0.4, 0.5) is 16.2 Å². The highest BCUT2D eigenvalue weighted by Crippen LogP contribution is 2.12. The molecule has 0 fully saturated rings. The van der Waals surface area contributed by atoms with Crippen LogP contribution in [0.2, 0.25) is 0 Å². The Labute approximate surface area is 121 Å². The number of rotatable bonds is 6. The van der Waals surface area contributed by atoms with Crippen LogP contribution in [0, 0.1) is 0 Å². The lowest BCUT2D eigenvalue weighted by molar-refractivity contribution is 0.111. The predicted molar refractivity (Wildman–Crippen MR) is 82.8 cm³/mol. The van der Waals surface area contributed by atoms with Crippen molar-refractivity contribution in [2.75, 3.05) is 24.2 Å². The Bertz CT molecular complexity index is 425. The Morgan fingerprint density at radius 1 is 1.30 bits per heavy atom. The van der Waals surface area contributed by atoms with Crippen molar-refractivity contribution in [3.8, 4) is 0 Å². The molecule has 0 saturated heterocycles. The van der Waals surface area contributed by atoms with E-state index < -0.39 is 6.09 Å². The highest BCUT2D eigenvalue weighted by Gasteiger charge is 2.13. The van der Waals surface area contributed by atoms with Gasteiger partial charge in [-0.3, -0.25) is 10.2 Å². The van der Waals surface area contributed by atoms with Crippen molar-refractivity contribution < 1.29 is 9.53 Å². The smallest absolute Gasteiger partial charge is 0.411 e. The van der Waals surface area contributed by atoms with E-state index in [0.717, 1.165) is 6.54 Å². The first-order valence-corrected chi connectivity index (χ1v) is 6.95. The molecule has 0 unspecified atom stereocenters. The number of amides is 1. The number of nitrogens with one attached hydrogen (secondary N) is 1. The van der Waals surface area contributed by atoms with Crippen LogP contribution in [0.25, 0.3) is 0 Å². The second-order valence-corrected chi connectivity index (χ2v) is 5.31. The SMILES string of the molecule is CC(C)N(CCOC(=O)Nc1cccc(N)c1)C(C)C. The summed E-state index contributed by atoms with van der Waals surface area (Å²) in [6, 6.07) is 7.86. The van der Waals surface area contributed by atoms with Crippen molar-refractivity contribution in [2.45, 2.75) is 39.8 Å². The van der Waals surface area contributed by atoms with Crippen LogP contribution in [0.15, 0.2) is 24.3 Å². The number of hydrogen-bond donors (Lipinski definition) is 2. The van der Waals surface area contributed by atoms with Crippen molar-refractivity contribution in [3.63, 3.8) is 0 Å². The molecular formula is C15H25N3O2. The van der Waals surface area contributed by atoms with E-state index in [1.807, 2.05) is 0 Å². The van der Waals surface area contributed by atoms with Crippen LogP contribution in [0.3, 0.4) is 0 Å². The zero-order chi connectivity index (χ0) is 15.1. The summed E-state index contributed by atoms with van der Waals surface area (Å²) in [7, 11) is 0. The number of nitrogen functional groups attached to an aromatic ring is 1. The van der Waals surface area contributed by atoms with Gasteiger partial charge in [0.15, 0.2) is 0 Å². The molecule has 1 amide bonds. The molecule has 5 heteroatoms. The summed E-state index contributed by atoms with van der Waals surface area (Å²) in [4.78, 5) is 13.9. The Hall–Kier alpha value is -1.75. The van der Waals surface area contributed by atoms with E-state index in [0.29, 0.717) is 30.1 Å². The minimum Gasteiger partial charge on any atom is -0.448 e. The maximum absolute atomic E-state index is 11.7. The van der Waals surface area contributed by atoms with Gasteiger partial charge in [-0.2, -0.15) is 0 Å². The fraction of sp³-hybridized carbons (Fsp3) is 0.533. The lowest BCUT2D eigenvalue weighted by Gasteiger charge is -2.30. The third kappa shape index (κ3) is 5.48. The van der Waals surface area contributed by atoms with Crippen LogP contribution in [-0.4, -0.2) is 36.2 Å². The highest BCUT2D eigenvalue weighted by molar-refractivity contribution is 5.85. The van der Waals surface area contributed by atoms with Gasteiger partial charge >= 0.3 is 6.09 Å². The Balaban J connectivity index is 2.36. The second-order valence-electron chi connectivity index (χ2n) is 5.31. The highest BCUT2D eigenvalue weighted by atomic mass is 16.5. The van der Waals surface area contributed by atoms with Crippen molar-refractivity contribution in [1.82, 2.24) is 4.90 Å². The topological polar surface area (TPSA) is 67.6 Å². The zero-order valence-corrected chi connectivity index (χ0v) is 12.7. The monoisotopic (exact) mass is 279 g/mol. The summed E-state index contributed by atoms with van der Waals surface area (Å²) >= 11 is 0. The average molecular weight is 279 g/mol. The Kier molecular flexibility index (Phi) is 6.31. The lowest BCUT2D eigenvalue weighted by atomic mass is 10.2. The van der Waals surface area contributed by atoms with Crippen molar-refractivity contribution in [3.05, 3.63) is 24.3 Å². The molecule has 5 nitrogen and oxygen atoms in total. The average Bonchev–Trinajstić information content (AvgIpc) is 2.33. The summed E-state index contributed by atoms with van der Waals surface area (Å²) in [6.07, 6.45) is -0.455. The first kappa shape index (κ1) is 16.3. The number of carbonyl (C=O) groups excluding carboxylic acids is 1. The molecule has 1 aromatic carbocycles. The molecule has 0 aliphatic heterocycles. The summed E-state index contributed by atoms with van der Waals surface area (Å²) in [5, 5.41) is 2.66. The summed E-state index contributed by atoms with van der Waals surface area (Å²) < 4.78 is 5.18. The predicted octanol–water partition coefficient (Wildman–Crippen LogP) is 2.94. The van der Waals surface area contributed by atoms with Gasteiger partial charge in [-0.1, -0.05) is 6.07 Å². The van der Waals surface area contributed by atoms with Crippen LogP contribution in [0.1, 0.15) is 27.7 Å². The molecule has 0 bridgehead atoms. The molecule has 0 aliphatic carbocycles. The van der Waals surface area contributed by atoms with E-state index in [2.05, 4.69) is 37.9 Å².